The van der Waals surface area contributed by atoms with Gasteiger partial charge in [0.1, 0.15) is 0 Å². The van der Waals surface area contributed by atoms with Crippen LogP contribution in [0.15, 0.2) is 11.8 Å². The van der Waals surface area contributed by atoms with Gasteiger partial charge in [0.05, 0.1) is 0 Å². The molecule has 1 heterocycles. The van der Waals surface area contributed by atoms with Crippen LogP contribution in [0, 0.1) is 0 Å². The summed E-state index contributed by atoms with van der Waals surface area (Å²) in [6, 6.07) is 0. The summed E-state index contributed by atoms with van der Waals surface area (Å²) in [7, 11) is 0. The zero-order chi connectivity index (χ0) is 10.9. The molecule has 88 valence electrons. The molecule has 1 saturated heterocycles. The number of allylic oxidation sites excluding steroid dienone is 2. The smallest absolute Gasteiger partial charge is 0.0175 e. The highest BCUT2D eigenvalue weighted by molar-refractivity contribution is 5.02. The summed E-state index contributed by atoms with van der Waals surface area (Å²) in [5.41, 5.74) is 1.64. The first-order chi connectivity index (χ1) is 7.38. The van der Waals surface area contributed by atoms with Crippen LogP contribution in [-0.4, -0.2) is 18.0 Å². The molecular formula is C14H27N. The van der Waals surface area contributed by atoms with E-state index in [2.05, 4.69) is 24.8 Å². The maximum Gasteiger partial charge on any atom is 0.0175 e. The normalized spacial score (nSPS) is 17.5. The van der Waals surface area contributed by atoms with E-state index in [1.807, 2.05) is 0 Å². The molecule has 1 rings (SSSR count). The van der Waals surface area contributed by atoms with Crippen LogP contribution in [0.2, 0.25) is 0 Å². The van der Waals surface area contributed by atoms with Crippen LogP contribution in [0.25, 0.3) is 0 Å². The Bertz CT molecular complexity index is 178. The van der Waals surface area contributed by atoms with Gasteiger partial charge in [-0.15, -0.1) is 0 Å². The lowest BCUT2D eigenvalue weighted by molar-refractivity contribution is 0.402. The Kier molecular flexibility index (Phi) is 6.54. The van der Waals surface area contributed by atoms with Crippen LogP contribution in [0.4, 0.5) is 0 Å². The SMILES string of the molecule is CCCC/C=C(\CCCC)N1CCCC1. The second kappa shape index (κ2) is 7.78. The Hall–Kier alpha value is -0.460. The summed E-state index contributed by atoms with van der Waals surface area (Å²) in [5, 5.41) is 0. The van der Waals surface area contributed by atoms with Gasteiger partial charge in [-0.05, 0) is 32.1 Å². The number of hydrogen-bond acceptors (Lipinski definition) is 1. The molecule has 1 fully saturated rings. The second-order valence-electron chi connectivity index (χ2n) is 4.64. The first-order valence-electron chi connectivity index (χ1n) is 6.82. The number of likely N-dealkylation sites (tertiary alicyclic amines) is 1. The monoisotopic (exact) mass is 209 g/mol. The zero-order valence-electron chi connectivity index (χ0n) is 10.6. The summed E-state index contributed by atoms with van der Waals surface area (Å²) >= 11 is 0. The molecule has 1 nitrogen and oxygen atoms in total. The molecule has 15 heavy (non-hydrogen) atoms. The lowest BCUT2D eigenvalue weighted by Crippen LogP contribution is -2.18. The molecule has 0 saturated carbocycles. The lowest BCUT2D eigenvalue weighted by Gasteiger charge is -2.21. The van der Waals surface area contributed by atoms with Gasteiger partial charge in [0.2, 0.25) is 0 Å². The van der Waals surface area contributed by atoms with Crippen molar-refractivity contribution in [2.75, 3.05) is 13.1 Å². The molecule has 0 aromatic carbocycles. The van der Waals surface area contributed by atoms with Crippen molar-refractivity contribution >= 4 is 0 Å². The minimum atomic E-state index is 1.28. The third kappa shape index (κ3) is 4.72. The molecule has 0 aromatic heterocycles. The van der Waals surface area contributed by atoms with Gasteiger partial charge in [0.25, 0.3) is 0 Å². The van der Waals surface area contributed by atoms with E-state index in [-0.39, 0.29) is 0 Å². The summed E-state index contributed by atoms with van der Waals surface area (Å²) in [6.07, 6.45) is 13.2. The van der Waals surface area contributed by atoms with Crippen LogP contribution in [0.1, 0.15) is 65.2 Å². The van der Waals surface area contributed by atoms with E-state index in [0.29, 0.717) is 0 Å². The highest BCUT2D eigenvalue weighted by Gasteiger charge is 2.13. The average Bonchev–Trinajstić information content (AvgIpc) is 2.76. The molecule has 0 radical (unpaired) electrons. The van der Waals surface area contributed by atoms with Gasteiger partial charge in [0.15, 0.2) is 0 Å². The molecule has 0 spiro atoms. The van der Waals surface area contributed by atoms with E-state index in [1.54, 1.807) is 5.70 Å². The maximum absolute atomic E-state index is 2.62. The molecule has 0 unspecified atom stereocenters. The molecule has 1 aliphatic rings. The molecule has 0 amide bonds. The fourth-order valence-corrected chi connectivity index (χ4v) is 2.22. The predicted octanol–water partition coefficient (Wildman–Crippen LogP) is 4.35. The minimum Gasteiger partial charge on any atom is -0.375 e. The minimum absolute atomic E-state index is 1.28. The first kappa shape index (κ1) is 12.6. The maximum atomic E-state index is 2.62. The molecule has 0 aliphatic carbocycles. The summed E-state index contributed by atoms with van der Waals surface area (Å²) in [4.78, 5) is 2.62. The molecule has 1 heteroatoms. The van der Waals surface area contributed by atoms with Crippen LogP contribution in [-0.2, 0) is 0 Å². The topological polar surface area (TPSA) is 3.24 Å². The molecular weight excluding hydrogens is 182 g/mol. The molecule has 0 aromatic rings. The summed E-state index contributed by atoms with van der Waals surface area (Å²) < 4.78 is 0. The quantitative estimate of drug-likeness (QED) is 0.564. The Morgan fingerprint density at radius 1 is 1.07 bits per heavy atom. The Labute approximate surface area is 95.5 Å². The van der Waals surface area contributed by atoms with Crippen LogP contribution >= 0.6 is 0 Å². The Balaban J connectivity index is 2.39. The van der Waals surface area contributed by atoms with Crippen LogP contribution in [0.5, 0.6) is 0 Å². The van der Waals surface area contributed by atoms with Gasteiger partial charge in [-0.25, -0.2) is 0 Å². The fraction of sp³-hybridized carbons (Fsp3) is 0.857. The third-order valence-electron chi connectivity index (χ3n) is 3.24. The van der Waals surface area contributed by atoms with Gasteiger partial charge >= 0.3 is 0 Å². The molecule has 0 atom stereocenters. The largest absolute Gasteiger partial charge is 0.375 e. The van der Waals surface area contributed by atoms with E-state index in [1.165, 1.54) is 64.5 Å². The predicted molar refractivity (Wildman–Crippen MR) is 67.9 cm³/mol. The number of rotatable bonds is 7. The van der Waals surface area contributed by atoms with E-state index < -0.39 is 0 Å². The Morgan fingerprint density at radius 3 is 2.33 bits per heavy atom. The van der Waals surface area contributed by atoms with Crippen molar-refractivity contribution < 1.29 is 0 Å². The lowest BCUT2D eigenvalue weighted by atomic mass is 10.1. The molecule has 0 N–H and O–H groups in total. The van der Waals surface area contributed by atoms with Crippen molar-refractivity contribution in [2.45, 2.75) is 65.2 Å². The van der Waals surface area contributed by atoms with E-state index in [0.717, 1.165) is 0 Å². The Morgan fingerprint density at radius 2 is 1.73 bits per heavy atom. The first-order valence-corrected chi connectivity index (χ1v) is 6.82. The van der Waals surface area contributed by atoms with Crippen LogP contribution < -0.4 is 0 Å². The van der Waals surface area contributed by atoms with Crippen molar-refractivity contribution in [1.82, 2.24) is 4.90 Å². The highest BCUT2D eigenvalue weighted by atomic mass is 15.1. The van der Waals surface area contributed by atoms with Crippen molar-refractivity contribution in [3.05, 3.63) is 11.8 Å². The van der Waals surface area contributed by atoms with E-state index in [4.69, 9.17) is 0 Å². The molecule has 1 aliphatic heterocycles. The van der Waals surface area contributed by atoms with Gasteiger partial charge < -0.3 is 4.90 Å². The number of hydrogen-bond donors (Lipinski definition) is 0. The van der Waals surface area contributed by atoms with Gasteiger partial charge in [-0.1, -0.05) is 39.2 Å². The molecule has 0 bridgehead atoms. The summed E-state index contributed by atoms with van der Waals surface area (Å²) in [5.74, 6) is 0. The van der Waals surface area contributed by atoms with Crippen LogP contribution in [0.3, 0.4) is 0 Å². The second-order valence-corrected chi connectivity index (χ2v) is 4.64. The van der Waals surface area contributed by atoms with Crippen molar-refractivity contribution in [2.24, 2.45) is 0 Å². The third-order valence-corrected chi connectivity index (χ3v) is 3.24. The fourth-order valence-electron chi connectivity index (χ4n) is 2.22. The van der Waals surface area contributed by atoms with Crippen molar-refractivity contribution in [3.8, 4) is 0 Å². The highest BCUT2D eigenvalue weighted by Crippen LogP contribution is 2.20. The van der Waals surface area contributed by atoms with Crippen molar-refractivity contribution in [3.63, 3.8) is 0 Å². The average molecular weight is 209 g/mol. The van der Waals surface area contributed by atoms with Gasteiger partial charge in [-0.2, -0.15) is 0 Å². The van der Waals surface area contributed by atoms with E-state index in [9.17, 15) is 0 Å². The zero-order valence-corrected chi connectivity index (χ0v) is 10.6. The van der Waals surface area contributed by atoms with Crippen molar-refractivity contribution in [1.29, 1.82) is 0 Å². The number of nitrogens with zero attached hydrogens (tertiary/aromatic N) is 1. The van der Waals surface area contributed by atoms with Gasteiger partial charge in [-0.3, -0.25) is 0 Å². The summed E-state index contributed by atoms with van der Waals surface area (Å²) in [6.45, 7) is 7.17. The number of unbranched alkanes of at least 4 members (excludes halogenated alkanes) is 3. The standard InChI is InChI=1S/C14H27N/c1-3-5-7-11-14(10-6-4-2)15-12-8-9-13-15/h11H,3-10,12-13H2,1-2H3/b14-11+. The van der Waals surface area contributed by atoms with Gasteiger partial charge in [0, 0.05) is 18.8 Å². The van der Waals surface area contributed by atoms with E-state index >= 15 is 0 Å².